The summed E-state index contributed by atoms with van der Waals surface area (Å²) in [6, 6.07) is 27.3. The number of rotatable bonds is 3. The number of nitrogens with zero attached hydrogens (tertiary/aromatic N) is 1. The number of hydrogen-bond acceptors (Lipinski definition) is 2. The van der Waals surface area contributed by atoms with E-state index in [1.165, 1.54) is 0 Å². The van der Waals surface area contributed by atoms with Crippen LogP contribution in [0.4, 0.5) is 0 Å². The standard InChI is InChI=1S/C22H17NO2/c1-25-19-13-11-18(12-14-19)23-21(16-7-3-2-4-8-16)15-17-9-5-6-10-20(17)22(23)24/h2-15H,1H3. The lowest BCUT2D eigenvalue weighted by molar-refractivity contribution is 0.414. The molecule has 0 amide bonds. The molecular formula is C22H17NO2. The topological polar surface area (TPSA) is 31.2 Å². The highest BCUT2D eigenvalue weighted by atomic mass is 16.5. The van der Waals surface area contributed by atoms with Crippen LogP contribution in [0, 0.1) is 0 Å². The lowest BCUT2D eigenvalue weighted by Crippen LogP contribution is -2.20. The van der Waals surface area contributed by atoms with Gasteiger partial charge in [-0.2, -0.15) is 0 Å². The summed E-state index contributed by atoms with van der Waals surface area (Å²) in [6.07, 6.45) is 0. The lowest BCUT2D eigenvalue weighted by Gasteiger charge is -2.15. The Bertz CT molecular complexity index is 1080. The molecule has 1 heterocycles. The minimum Gasteiger partial charge on any atom is -0.497 e. The fourth-order valence-electron chi connectivity index (χ4n) is 3.07. The minimum absolute atomic E-state index is 0.0258. The zero-order valence-corrected chi connectivity index (χ0v) is 13.8. The van der Waals surface area contributed by atoms with E-state index in [0.717, 1.165) is 28.1 Å². The molecule has 0 bridgehead atoms. The van der Waals surface area contributed by atoms with E-state index in [2.05, 4.69) is 6.07 Å². The van der Waals surface area contributed by atoms with Gasteiger partial charge in [-0.25, -0.2) is 0 Å². The molecule has 3 heteroatoms. The van der Waals surface area contributed by atoms with Gasteiger partial charge in [-0.05, 0) is 47.3 Å². The molecule has 0 N–H and O–H groups in total. The van der Waals surface area contributed by atoms with Crippen LogP contribution in [0.5, 0.6) is 5.75 Å². The van der Waals surface area contributed by atoms with Crippen molar-refractivity contribution in [1.29, 1.82) is 0 Å². The van der Waals surface area contributed by atoms with Crippen LogP contribution in [-0.2, 0) is 0 Å². The molecular weight excluding hydrogens is 310 g/mol. The number of aromatic nitrogens is 1. The van der Waals surface area contributed by atoms with Crippen molar-refractivity contribution in [3.05, 3.63) is 95.3 Å². The number of hydrogen-bond donors (Lipinski definition) is 0. The van der Waals surface area contributed by atoms with Crippen molar-refractivity contribution in [3.8, 4) is 22.7 Å². The van der Waals surface area contributed by atoms with Gasteiger partial charge in [0.25, 0.3) is 5.56 Å². The molecule has 0 radical (unpaired) electrons. The molecule has 4 aromatic rings. The first-order valence-corrected chi connectivity index (χ1v) is 8.12. The summed E-state index contributed by atoms with van der Waals surface area (Å²) in [4.78, 5) is 13.2. The number of fused-ring (bicyclic) bond motifs is 1. The van der Waals surface area contributed by atoms with Crippen LogP contribution in [0.3, 0.4) is 0 Å². The van der Waals surface area contributed by atoms with E-state index in [0.29, 0.717) is 5.39 Å². The van der Waals surface area contributed by atoms with E-state index in [1.54, 1.807) is 11.7 Å². The Kier molecular flexibility index (Phi) is 3.82. The Morgan fingerprint density at radius 2 is 1.48 bits per heavy atom. The van der Waals surface area contributed by atoms with E-state index in [4.69, 9.17) is 4.74 Å². The van der Waals surface area contributed by atoms with Crippen LogP contribution in [0.25, 0.3) is 27.7 Å². The average Bonchev–Trinajstić information content (AvgIpc) is 2.69. The summed E-state index contributed by atoms with van der Waals surface area (Å²) in [7, 11) is 1.63. The Labute approximate surface area is 145 Å². The first-order chi connectivity index (χ1) is 12.3. The molecule has 0 saturated carbocycles. The molecule has 25 heavy (non-hydrogen) atoms. The second-order valence-electron chi connectivity index (χ2n) is 5.82. The van der Waals surface area contributed by atoms with Crippen molar-refractivity contribution in [2.75, 3.05) is 7.11 Å². The zero-order valence-electron chi connectivity index (χ0n) is 13.8. The summed E-state index contributed by atoms with van der Waals surface area (Å²) in [5.41, 5.74) is 2.66. The van der Waals surface area contributed by atoms with E-state index < -0.39 is 0 Å². The van der Waals surface area contributed by atoms with Crippen LogP contribution in [0.2, 0.25) is 0 Å². The SMILES string of the molecule is COc1ccc(-n2c(-c3ccccc3)cc3ccccc3c2=O)cc1. The second-order valence-corrected chi connectivity index (χ2v) is 5.82. The monoisotopic (exact) mass is 327 g/mol. The second kappa shape index (κ2) is 6.29. The molecule has 3 nitrogen and oxygen atoms in total. The maximum atomic E-state index is 13.2. The highest BCUT2D eigenvalue weighted by Crippen LogP contribution is 2.25. The van der Waals surface area contributed by atoms with Gasteiger partial charge in [0.1, 0.15) is 5.75 Å². The minimum atomic E-state index is -0.0258. The van der Waals surface area contributed by atoms with Gasteiger partial charge in [0.2, 0.25) is 0 Å². The summed E-state index contributed by atoms with van der Waals surface area (Å²) in [5, 5.41) is 1.65. The number of benzene rings is 3. The first-order valence-electron chi connectivity index (χ1n) is 8.12. The molecule has 1 aromatic heterocycles. The fourth-order valence-corrected chi connectivity index (χ4v) is 3.07. The number of pyridine rings is 1. The van der Waals surface area contributed by atoms with Crippen molar-refractivity contribution < 1.29 is 4.74 Å². The Hall–Kier alpha value is -3.33. The van der Waals surface area contributed by atoms with E-state index in [9.17, 15) is 4.79 Å². The molecule has 0 aliphatic rings. The quantitative estimate of drug-likeness (QED) is 0.548. The van der Waals surface area contributed by atoms with Crippen LogP contribution >= 0.6 is 0 Å². The van der Waals surface area contributed by atoms with Gasteiger partial charge < -0.3 is 4.74 Å². The van der Waals surface area contributed by atoms with Gasteiger partial charge in [-0.3, -0.25) is 9.36 Å². The predicted molar refractivity (Wildman–Crippen MR) is 102 cm³/mol. The third-order valence-electron chi connectivity index (χ3n) is 4.33. The van der Waals surface area contributed by atoms with Gasteiger partial charge in [-0.15, -0.1) is 0 Å². The van der Waals surface area contributed by atoms with Gasteiger partial charge in [0.15, 0.2) is 0 Å². The predicted octanol–water partition coefficient (Wildman–Crippen LogP) is 4.67. The highest BCUT2D eigenvalue weighted by Gasteiger charge is 2.12. The number of ether oxygens (including phenoxy) is 1. The van der Waals surface area contributed by atoms with Crippen LogP contribution in [0.15, 0.2) is 89.7 Å². The van der Waals surface area contributed by atoms with Crippen molar-refractivity contribution in [1.82, 2.24) is 4.57 Å². The first kappa shape index (κ1) is 15.2. The molecule has 0 unspecified atom stereocenters. The average molecular weight is 327 g/mol. The molecule has 0 atom stereocenters. The van der Waals surface area contributed by atoms with E-state index in [1.807, 2.05) is 78.9 Å². The lowest BCUT2D eigenvalue weighted by atomic mass is 10.1. The van der Waals surface area contributed by atoms with Gasteiger partial charge in [0.05, 0.1) is 12.8 Å². The number of methoxy groups -OCH3 is 1. The summed E-state index contributed by atoms with van der Waals surface area (Å²) < 4.78 is 6.99. The largest absolute Gasteiger partial charge is 0.497 e. The molecule has 4 rings (SSSR count). The smallest absolute Gasteiger partial charge is 0.263 e. The molecule has 0 aliphatic carbocycles. The summed E-state index contributed by atoms with van der Waals surface area (Å²) >= 11 is 0. The van der Waals surface area contributed by atoms with Crippen molar-refractivity contribution in [2.45, 2.75) is 0 Å². The van der Waals surface area contributed by atoms with Gasteiger partial charge in [-0.1, -0.05) is 48.5 Å². The van der Waals surface area contributed by atoms with Gasteiger partial charge in [0, 0.05) is 11.1 Å². The highest BCUT2D eigenvalue weighted by molar-refractivity contribution is 5.86. The molecule has 0 spiro atoms. The Morgan fingerprint density at radius 1 is 0.800 bits per heavy atom. The van der Waals surface area contributed by atoms with E-state index >= 15 is 0 Å². The molecule has 3 aromatic carbocycles. The molecule has 0 fully saturated rings. The maximum Gasteiger partial charge on any atom is 0.263 e. The fraction of sp³-hybridized carbons (Fsp3) is 0.0455. The van der Waals surface area contributed by atoms with Gasteiger partial charge >= 0.3 is 0 Å². The van der Waals surface area contributed by atoms with Crippen LogP contribution in [-0.4, -0.2) is 11.7 Å². The normalized spacial score (nSPS) is 10.8. The molecule has 0 saturated heterocycles. The third kappa shape index (κ3) is 2.70. The zero-order chi connectivity index (χ0) is 17.2. The van der Waals surface area contributed by atoms with E-state index in [-0.39, 0.29) is 5.56 Å². The van der Waals surface area contributed by atoms with Crippen molar-refractivity contribution in [3.63, 3.8) is 0 Å². The summed E-state index contributed by atoms with van der Waals surface area (Å²) in [6.45, 7) is 0. The Morgan fingerprint density at radius 3 is 2.20 bits per heavy atom. The van der Waals surface area contributed by atoms with Crippen molar-refractivity contribution in [2.24, 2.45) is 0 Å². The third-order valence-corrected chi connectivity index (χ3v) is 4.33. The maximum absolute atomic E-state index is 13.2. The molecule has 0 aliphatic heterocycles. The molecule has 122 valence electrons. The Balaban J connectivity index is 2.06. The van der Waals surface area contributed by atoms with Crippen molar-refractivity contribution >= 4 is 10.8 Å². The summed E-state index contributed by atoms with van der Waals surface area (Å²) in [5.74, 6) is 0.763. The van der Waals surface area contributed by atoms with Crippen LogP contribution < -0.4 is 10.3 Å². The van der Waals surface area contributed by atoms with Crippen LogP contribution in [0.1, 0.15) is 0 Å².